The van der Waals surface area contributed by atoms with Crippen LogP contribution in [0.3, 0.4) is 0 Å². The molecule has 4 rings (SSSR count). The molecule has 0 unspecified atom stereocenters. The quantitative estimate of drug-likeness (QED) is 0.332. The van der Waals surface area contributed by atoms with Gasteiger partial charge in [-0.1, -0.05) is 36.0 Å². The molecule has 1 amide bonds. The highest BCUT2D eigenvalue weighted by atomic mass is 32.2. The van der Waals surface area contributed by atoms with Gasteiger partial charge in [0.25, 0.3) is 5.56 Å². The van der Waals surface area contributed by atoms with Crippen LogP contribution in [0.1, 0.15) is 22.6 Å². The molecule has 11 heteroatoms. The lowest BCUT2D eigenvalue weighted by atomic mass is 10.2. The molecule has 2 aromatic carbocycles. The number of rotatable bonds is 8. The van der Waals surface area contributed by atoms with Crippen molar-refractivity contribution < 1.29 is 9.18 Å². The van der Waals surface area contributed by atoms with Crippen LogP contribution < -0.4 is 16.6 Å². The number of benzene rings is 2. The maximum atomic E-state index is 13.0. The zero-order valence-electron chi connectivity index (χ0n) is 18.2. The van der Waals surface area contributed by atoms with Crippen LogP contribution in [0.15, 0.2) is 69.3 Å². The SMILES string of the molecule is Cc1cccc(-n2c(Cc3cc(=O)[nH]c(=O)[nH]3)nnc2SCC(=O)NCc2ccc(F)cc2)c1. The summed E-state index contributed by atoms with van der Waals surface area (Å²) < 4.78 is 14.8. The molecule has 0 bridgehead atoms. The van der Waals surface area contributed by atoms with E-state index in [1.54, 1.807) is 16.7 Å². The number of carbonyl (C=O) groups is 1. The van der Waals surface area contributed by atoms with Crippen LogP contribution >= 0.6 is 11.8 Å². The Hall–Kier alpha value is -3.99. The molecule has 2 aromatic heterocycles. The fourth-order valence-electron chi connectivity index (χ4n) is 3.30. The molecule has 0 saturated heterocycles. The standard InChI is InChI=1S/C23H21FN6O3S/c1-14-3-2-4-18(9-14)30-19(10-17-11-20(31)27-22(33)26-17)28-29-23(30)34-13-21(32)25-12-15-5-7-16(24)8-6-15/h2-9,11H,10,12-13H2,1H3,(H,25,32)(H2,26,27,31,33). The zero-order chi connectivity index (χ0) is 24.1. The van der Waals surface area contributed by atoms with E-state index in [1.807, 2.05) is 31.2 Å². The van der Waals surface area contributed by atoms with Crippen LogP contribution in [0.5, 0.6) is 0 Å². The first-order chi connectivity index (χ1) is 16.4. The van der Waals surface area contributed by atoms with Crippen molar-refractivity contribution in [1.82, 2.24) is 30.0 Å². The highest BCUT2D eigenvalue weighted by Gasteiger charge is 2.17. The minimum absolute atomic E-state index is 0.0903. The van der Waals surface area contributed by atoms with Crippen molar-refractivity contribution in [2.75, 3.05) is 5.75 Å². The summed E-state index contributed by atoms with van der Waals surface area (Å²) in [6.45, 7) is 2.24. The van der Waals surface area contributed by atoms with E-state index in [-0.39, 0.29) is 30.4 Å². The van der Waals surface area contributed by atoms with E-state index >= 15 is 0 Å². The molecule has 0 atom stereocenters. The molecule has 0 aliphatic heterocycles. The summed E-state index contributed by atoms with van der Waals surface area (Å²) in [6, 6.07) is 14.9. The van der Waals surface area contributed by atoms with Crippen LogP contribution in [-0.2, 0) is 17.8 Å². The number of aromatic amines is 2. The van der Waals surface area contributed by atoms with Crippen molar-refractivity contribution >= 4 is 17.7 Å². The lowest BCUT2D eigenvalue weighted by Gasteiger charge is -2.11. The van der Waals surface area contributed by atoms with Crippen molar-refractivity contribution in [2.45, 2.75) is 25.0 Å². The zero-order valence-corrected chi connectivity index (χ0v) is 19.0. The second-order valence-corrected chi connectivity index (χ2v) is 8.50. The molecule has 0 fully saturated rings. The van der Waals surface area contributed by atoms with Gasteiger partial charge in [-0.15, -0.1) is 10.2 Å². The summed E-state index contributed by atoms with van der Waals surface area (Å²) in [7, 11) is 0. The summed E-state index contributed by atoms with van der Waals surface area (Å²) >= 11 is 1.21. The molecule has 0 spiro atoms. The number of aryl methyl sites for hydroxylation is 1. The smallest absolute Gasteiger partial charge is 0.325 e. The van der Waals surface area contributed by atoms with Gasteiger partial charge in [0.15, 0.2) is 5.16 Å². The van der Waals surface area contributed by atoms with E-state index in [0.29, 0.717) is 16.7 Å². The van der Waals surface area contributed by atoms with E-state index in [9.17, 15) is 18.8 Å². The lowest BCUT2D eigenvalue weighted by molar-refractivity contribution is -0.118. The Labute approximate surface area is 197 Å². The Morgan fingerprint density at radius 2 is 1.88 bits per heavy atom. The lowest BCUT2D eigenvalue weighted by Crippen LogP contribution is -2.24. The number of nitrogens with one attached hydrogen (secondary N) is 3. The number of halogens is 1. The van der Waals surface area contributed by atoms with Crippen LogP contribution in [0.25, 0.3) is 5.69 Å². The van der Waals surface area contributed by atoms with Crippen molar-refractivity contribution in [3.8, 4) is 5.69 Å². The topological polar surface area (TPSA) is 126 Å². The van der Waals surface area contributed by atoms with Gasteiger partial charge >= 0.3 is 5.69 Å². The Kier molecular flexibility index (Phi) is 7.02. The number of H-pyrrole nitrogens is 2. The van der Waals surface area contributed by atoms with Gasteiger partial charge in [-0.25, -0.2) is 9.18 Å². The predicted molar refractivity (Wildman–Crippen MR) is 126 cm³/mol. The third kappa shape index (κ3) is 5.87. The average molecular weight is 481 g/mol. The maximum Gasteiger partial charge on any atom is 0.325 e. The second kappa shape index (κ2) is 10.3. The highest BCUT2D eigenvalue weighted by Crippen LogP contribution is 2.23. The third-order valence-electron chi connectivity index (χ3n) is 4.86. The third-order valence-corrected chi connectivity index (χ3v) is 5.79. The number of thioether (sulfide) groups is 1. The molecule has 2 heterocycles. The van der Waals surface area contributed by atoms with Gasteiger partial charge in [-0.2, -0.15) is 0 Å². The fourth-order valence-corrected chi connectivity index (χ4v) is 4.10. The molecular weight excluding hydrogens is 459 g/mol. The van der Waals surface area contributed by atoms with E-state index in [2.05, 4.69) is 25.5 Å². The average Bonchev–Trinajstić information content (AvgIpc) is 3.19. The number of carbonyl (C=O) groups excluding carboxylic acids is 1. The number of hydrogen-bond donors (Lipinski definition) is 3. The maximum absolute atomic E-state index is 13.0. The van der Waals surface area contributed by atoms with Gasteiger partial charge in [0.2, 0.25) is 5.91 Å². The molecule has 0 saturated carbocycles. The van der Waals surface area contributed by atoms with Gasteiger partial charge in [-0.3, -0.25) is 19.1 Å². The van der Waals surface area contributed by atoms with E-state index < -0.39 is 11.2 Å². The molecule has 174 valence electrons. The molecular formula is C23H21FN6O3S. The van der Waals surface area contributed by atoms with Crippen LogP contribution in [0.2, 0.25) is 0 Å². The van der Waals surface area contributed by atoms with Gasteiger partial charge in [0.1, 0.15) is 11.6 Å². The van der Waals surface area contributed by atoms with Crippen LogP contribution in [-0.4, -0.2) is 36.4 Å². The molecule has 0 aliphatic rings. The normalized spacial score (nSPS) is 10.9. The Bertz CT molecular complexity index is 1400. The summed E-state index contributed by atoms with van der Waals surface area (Å²) in [5, 5.41) is 11.8. The first-order valence-electron chi connectivity index (χ1n) is 10.4. The van der Waals surface area contributed by atoms with Crippen molar-refractivity contribution in [2.24, 2.45) is 0 Å². The van der Waals surface area contributed by atoms with Crippen LogP contribution in [0, 0.1) is 12.7 Å². The summed E-state index contributed by atoms with van der Waals surface area (Å²) in [5.74, 6) is 0.0447. The largest absolute Gasteiger partial charge is 0.351 e. The van der Waals surface area contributed by atoms with Gasteiger partial charge in [-0.05, 0) is 42.3 Å². The van der Waals surface area contributed by atoms with Gasteiger partial charge in [0.05, 0.1) is 5.75 Å². The van der Waals surface area contributed by atoms with Crippen molar-refractivity contribution in [3.05, 3.63) is 104 Å². The van der Waals surface area contributed by atoms with Crippen LogP contribution in [0.4, 0.5) is 4.39 Å². The molecule has 3 N–H and O–H groups in total. The first-order valence-corrected chi connectivity index (χ1v) is 11.3. The number of hydrogen-bond acceptors (Lipinski definition) is 6. The van der Waals surface area contributed by atoms with Gasteiger partial charge in [0, 0.05) is 30.4 Å². The summed E-state index contributed by atoms with van der Waals surface area (Å²) in [6.07, 6.45) is 0.164. The van der Waals surface area contributed by atoms with Crippen molar-refractivity contribution in [1.29, 1.82) is 0 Å². The van der Waals surface area contributed by atoms with E-state index in [1.165, 1.54) is 30.0 Å². The molecule has 0 aliphatic carbocycles. The number of aromatic nitrogens is 5. The minimum atomic E-state index is -0.600. The summed E-state index contributed by atoms with van der Waals surface area (Å²) in [4.78, 5) is 40.4. The summed E-state index contributed by atoms with van der Waals surface area (Å²) in [5.41, 5.74) is 1.89. The van der Waals surface area contributed by atoms with Crippen molar-refractivity contribution in [3.63, 3.8) is 0 Å². The Morgan fingerprint density at radius 1 is 1.09 bits per heavy atom. The number of amides is 1. The van der Waals surface area contributed by atoms with E-state index in [4.69, 9.17) is 0 Å². The minimum Gasteiger partial charge on any atom is -0.351 e. The molecule has 4 aromatic rings. The van der Waals surface area contributed by atoms with Gasteiger partial charge < -0.3 is 10.3 Å². The fraction of sp³-hybridized carbons (Fsp3) is 0.174. The molecule has 34 heavy (non-hydrogen) atoms. The second-order valence-electron chi connectivity index (χ2n) is 7.55. The molecule has 9 nitrogen and oxygen atoms in total. The van der Waals surface area contributed by atoms with E-state index in [0.717, 1.165) is 16.8 Å². The predicted octanol–water partition coefficient (Wildman–Crippen LogP) is 2.09. The Balaban J connectivity index is 1.53. The highest BCUT2D eigenvalue weighted by molar-refractivity contribution is 7.99. The number of nitrogens with zero attached hydrogens (tertiary/aromatic N) is 3. The first kappa shape index (κ1) is 23.2. The Morgan fingerprint density at radius 3 is 2.62 bits per heavy atom. The molecule has 0 radical (unpaired) electrons. The monoisotopic (exact) mass is 480 g/mol.